The van der Waals surface area contributed by atoms with Gasteiger partial charge in [0.2, 0.25) is 0 Å². The van der Waals surface area contributed by atoms with Crippen LogP contribution in [0.2, 0.25) is 0 Å². The van der Waals surface area contributed by atoms with E-state index in [9.17, 15) is 0 Å². The zero-order valence-electron chi connectivity index (χ0n) is 10.1. The highest BCUT2D eigenvalue weighted by Gasteiger charge is 2.27. The van der Waals surface area contributed by atoms with Gasteiger partial charge in [0.1, 0.15) is 23.1 Å². The molecule has 1 aliphatic rings. The van der Waals surface area contributed by atoms with E-state index in [1.54, 1.807) is 19.4 Å². The number of hydrogen-bond acceptors (Lipinski definition) is 5. The van der Waals surface area contributed by atoms with Crippen molar-refractivity contribution in [3.05, 3.63) is 30.2 Å². The summed E-state index contributed by atoms with van der Waals surface area (Å²) in [7, 11) is 1.62. The molecule has 18 heavy (non-hydrogen) atoms. The van der Waals surface area contributed by atoms with Crippen LogP contribution in [0.25, 0.3) is 11.4 Å². The van der Waals surface area contributed by atoms with Crippen LogP contribution in [-0.4, -0.2) is 22.1 Å². The Morgan fingerprint density at radius 2 is 2.17 bits per heavy atom. The molecule has 1 fully saturated rings. The van der Waals surface area contributed by atoms with Crippen LogP contribution in [0.3, 0.4) is 0 Å². The van der Waals surface area contributed by atoms with Crippen molar-refractivity contribution in [1.82, 2.24) is 15.0 Å². The number of rotatable bonds is 3. The van der Waals surface area contributed by atoms with Crippen molar-refractivity contribution in [2.75, 3.05) is 12.8 Å². The third-order valence-corrected chi connectivity index (χ3v) is 2.94. The molecular weight excluding hydrogens is 228 g/mol. The Morgan fingerprint density at radius 3 is 2.89 bits per heavy atom. The van der Waals surface area contributed by atoms with E-state index in [1.807, 2.05) is 12.1 Å². The highest BCUT2D eigenvalue weighted by molar-refractivity contribution is 5.64. The average molecular weight is 242 g/mol. The third kappa shape index (κ3) is 1.99. The van der Waals surface area contributed by atoms with Gasteiger partial charge in [0, 0.05) is 18.2 Å². The predicted octanol–water partition coefficient (Wildman–Crippen LogP) is 2.01. The molecule has 5 heteroatoms. The Morgan fingerprint density at radius 1 is 1.33 bits per heavy atom. The minimum Gasteiger partial charge on any atom is -0.494 e. The maximum absolute atomic E-state index is 5.83. The fraction of sp³-hybridized carbons (Fsp3) is 0.308. The maximum Gasteiger partial charge on any atom is 0.146 e. The summed E-state index contributed by atoms with van der Waals surface area (Å²) in [5.41, 5.74) is 7.26. The summed E-state index contributed by atoms with van der Waals surface area (Å²) < 4.78 is 5.29. The van der Waals surface area contributed by atoms with E-state index in [4.69, 9.17) is 10.5 Å². The Labute approximate surface area is 105 Å². The highest BCUT2D eigenvalue weighted by atomic mass is 16.5. The van der Waals surface area contributed by atoms with Crippen LogP contribution in [0.5, 0.6) is 5.75 Å². The zero-order valence-corrected chi connectivity index (χ0v) is 10.1. The SMILES string of the molecule is COc1cccnc1-c1cc(N)nc(C2CC2)n1. The first-order valence-electron chi connectivity index (χ1n) is 5.92. The molecule has 0 spiro atoms. The summed E-state index contributed by atoms with van der Waals surface area (Å²) in [6, 6.07) is 5.42. The van der Waals surface area contributed by atoms with Gasteiger partial charge in [-0.15, -0.1) is 0 Å². The Hall–Kier alpha value is -2.17. The van der Waals surface area contributed by atoms with Crippen molar-refractivity contribution < 1.29 is 4.74 Å². The van der Waals surface area contributed by atoms with E-state index < -0.39 is 0 Å². The molecule has 1 saturated carbocycles. The van der Waals surface area contributed by atoms with Gasteiger partial charge < -0.3 is 10.5 Å². The Balaban J connectivity index is 2.10. The summed E-state index contributed by atoms with van der Waals surface area (Å²) in [4.78, 5) is 13.1. The van der Waals surface area contributed by atoms with Gasteiger partial charge in [-0.2, -0.15) is 0 Å². The van der Waals surface area contributed by atoms with Crippen LogP contribution < -0.4 is 10.5 Å². The fourth-order valence-electron chi connectivity index (χ4n) is 1.88. The van der Waals surface area contributed by atoms with Crippen LogP contribution in [0.15, 0.2) is 24.4 Å². The monoisotopic (exact) mass is 242 g/mol. The number of nitrogen functional groups attached to an aromatic ring is 1. The number of anilines is 1. The molecule has 5 nitrogen and oxygen atoms in total. The van der Waals surface area contributed by atoms with Crippen molar-refractivity contribution in [2.45, 2.75) is 18.8 Å². The summed E-state index contributed by atoms with van der Waals surface area (Å²) in [5, 5.41) is 0. The summed E-state index contributed by atoms with van der Waals surface area (Å²) >= 11 is 0. The molecule has 0 aliphatic heterocycles. The molecular formula is C13H14N4O. The van der Waals surface area contributed by atoms with Gasteiger partial charge in [-0.1, -0.05) is 0 Å². The van der Waals surface area contributed by atoms with Gasteiger partial charge in [0.25, 0.3) is 0 Å². The number of pyridine rings is 1. The first-order valence-corrected chi connectivity index (χ1v) is 5.92. The van der Waals surface area contributed by atoms with Crippen molar-refractivity contribution in [2.24, 2.45) is 0 Å². The molecule has 0 radical (unpaired) electrons. The number of hydrogen-bond donors (Lipinski definition) is 1. The van der Waals surface area contributed by atoms with Gasteiger partial charge in [-0.05, 0) is 25.0 Å². The molecule has 2 aromatic heterocycles. The van der Waals surface area contributed by atoms with Gasteiger partial charge in [0.15, 0.2) is 0 Å². The van der Waals surface area contributed by atoms with Crippen molar-refractivity contribution in [3.63, 3.8) is 0 Å². The largest absolute Gasteiger partial charge is 0.494 e. The fourth-order valence-corrected chi connectivity index (χ4v) is 1.88. The van der Waals surface area contributed by atoms with Gasteiger partial charge >= 0.3 is 0 Å². The molecule has 1 aliphatic carbocycles. The molecule has 0 bridgehead atoms. The zero-order chi connectivity index (χ0) is 12.5. The molecule has 0 atom stereocenters. The van der Waals surface area contributed by atoms with Gasteiger partial charge in [0.05, 0.1) is 12.8 Å². The summed E-state index contributed by atoms with van der Waals surface area (Å²) in [5.74, 6) is 2.45. The topological polar surface area (TPSA) is 73.9 Å². The predicted molar refractivity (Wildman–Crippen MR) is 68.2 cm³/mol. The van der Waals surface area contributed by atoms with E-state index in [0.717, 1.165) is 24.4 Å². The highest BCUT2D eigenvalue weighted by Crippen LogP contribution is 2.39. The van der Waals surface area contributed by atoms with Crippen LogP contribution in [0.1, 0.15) is 24.6 Å². The number of nitrogens with zero attached hydrogens (tertiary/aromatic N) is 3. The van der Waals surface area contributed by atoms with Crippen molar-refractivity contribution in [1.29, 1.82) is 0 Å². The van der Waals surface area contributed by atoms with E-state index in [2.05, 4.69) is 15.0 Å². The average Bonchev–Trinajstić information content (AvgIpc) is 3.22. The first kappa shape index (κ1) is 11.0. The quantitative estimate of drug-likeness (QED) is 0.891. The van der Waals surface area contributed by atoms with E-state index in [0.29, 0.717) is 23.2 Å². The van der Waals surface area contributed by atoms with E-state index in [1.165, 1.54) is 0 Å². The lowest BCUT2D eigenvalue weighted by Crippen LogP contribution is -2.01. The van der Waals surface area contributed by atoms with Gasteiger partial charge in [-0.25, -0.2) is 9.97 Å². The minimum absolute atomic E-state index is 0.460. The van der Waals surface area contributed by atoms with Gasteiger partial charge in [-0.3, -0.25) is 4.98 Å². The number of ether oxygens (including phenoxy) is 1. The standard InChI is InChI=1S/C13H14N4O/c1-18-10-3-2-6-15-12(10)9-7-11(14)17-13(16-9)8-4-5-8/h2-3,6-8H,4-5H2,1H3,(H2,14,16,17). The number of methoxy groups -OCH3 is 1. The third-order valence-electron chi connectivity index (χ3n) is 2.94. The normalized spacial score (nSPS) is 14.5. The van der Waals surface area contributed by atoms with E-state index in [-0.39, 0.29) is 0 Å². The molecule has 2 heterocycles. The van der Waals surface area contributed by atoms with Crippen LogP contribution in [0, 0.1) is 0 Å². The lowest BCUT2D eigenvalue weighted by atomic mass is 10.2. The first-order chi connectivity index (χ1) is 8.78. The molecule has 92 valence electrons. The maximum atomic E-state index is 5.83. The summed E-state index contributed by atoms with van der Waals surface area (Å²) in [6.07, 6.45) is 4.00. The molecule has 0 aromatic carbocycles. The molecule has 0 amide bonds. The summed E-state index contributed by atoms with van der Waals surface area (Å²) in [6.45, 7) is 0. The molecule has 3 rings (SSSR count). The van der Waals surface area contributed by atoms with Crippen LogP contribution >= 0.6 is 0 Å². The number of nitrogens with two attached hydrogens (primary N) is 1. The Kier molecular flexibility index (Phi) is 2.59. The molecule has 2 aromatic rings. The minimum atomic E-state index is 0.460. The Bertz CT molecular complexity index is 581. The molecule has 0 saturated heterocycles. The lowest BCUT2D eigenvalue weighted by molar-refractivity contribution is 0.414. The van der Waals surface area contributed by atoms with E-state index >= 15 is 0 Å². The second kappa shape index (κ2) is 4.25. The smallest absolute Gasteiger partial charge is 0.146 e. The van der Waals surface area contributed by atoms with Crippen molar-refractivity contribution in [3.8, 4) is 17.1 Å². The van der Waals surface area contributed by atoms with Crippen LogP contribution in [0.4, 0.5) is 5.82 Å². The second-order valence-electron chi connectivity index (χ2n) is 4.36. The second-order valence-corrected chi connectivity index (χ2v) is 4.36. The lowest BCUT2D eigenvalue weighted by Gasteiger charge is -2.08. The van der Waals surface area contributed by atoms with Crippen LogP contribution in [-0.2, 0) is 0 Å². The molecule has 0 unspecified atom stereocenters. The van der Waals surface area contributed by atoms with Crippen molar-refractivity contribution >= 4 is 5.82 Å². The molecule has 2 N–H and O–H groups in total. The number of aromatic nitrogens is 3.